The Labute approximate surface area is 166 Å². The molecular weight excluding hydrogens is 395 g/mol. The maximum atomic E-state index is 11.1. The van der Waals surface area contributed by atoms with Gasteiger partial charge in [0.2, 0.25) is 5.91 Å². The number of hydrogen-bond acceptors (Lipinski definition) is 5. The summed E-state index contributed by atoms with van der Waals surface area (Å²) < 4.78 is 7.79. The van der Waals surface area contributed by atoms with Crippen molar-refractivity contribution in [1.29, 1.82) is 0 Å². The number of aromatic nitrogens is 3. The number of nitrogens with zero attached hydrogens (tertiary/aromatic N) is 3. The lowest BCUT2D eigenvalue weighted by Gasteiger charge is -2.14. The van der Waals surface area contributed by atoms with Crippen LogP contribution >= 0.6 is 35.0 Å². The fraction of sp³-hybridized carbons (Fsp3) is 0.471. The summed E-state index contributed by atoms with van der Waals surface area (Å²) in [5.41, 5.74) is 6.32. The van der Waals surface area contributed by atoms with Gasteiger partial charge in [-0.1, -0.05) is 41.0 Å². The van der Waals surface area contributed by atoms with Gasteiger partial charge in [0.1, 0.15) is 5.82 Å². The molecule has 1 aromatic carbocycles. The Balaban J connectivity index is 1.73. The summed E-state index contributed by atoms with van der Waals surface area (Å²) in [4.78, 5) is 11.1. The summed E-state index contributed by atoms with van der Waals surface area (Å²) >= 11 is 13.6. The molecule has 6 nitrogen and oxygen atoms in total. The van der Waals surface area contributed by atoms with Gasteiger partial charge in [-0.25, -0.2) is 0 Å². The summed E-state index contributed by atoms with van der Waals surface area (Å²) in [7, 11) is 0. The van der Waals surface area contributed by atoms with Crippen LogP contribution in [-0.2, 0) is 28.2 Å². The molecule has 0 aliphatic carbocycles. The topological polar surface area (TPSA) is 83.0 Å². The molecule has 2 heterocycles. The molecule has 3 rings (SSSR count). The normalized spacial score (nSPS) is 16.9. The predicted octanol–water partition coefficient (Wildman–Crippen LogP) is 3.47. The van der Waals surface area contributed by atoms with Gasteiger partial charge >= 0.3 is 0 Å². The van der Waals surface area contributed by atoms with Crippen LogP contribution in [0.25, 0.3) is 0 Å². The third-order valence-electron chi connectivity index (χ3n) is 4.15. The molecule has 1 amide bonds. The minimum Gasteiger partial charge on any atom is -0.376 e. The predicted molar refractivity (Wildman–Crippen MR) is 103 cm³/mol. The fourth-order valence-electron chi connectivity index (χ4n) is 2.80. The first kappa shape index (κ1) is 19.5. The molecule has 1 atom stereocenters. The van der Waals surface area contributed by atoms with E-state index in [1.54, 1.807) is 17.8 Å². The van der Waals surface area contributed by atoms with E-state index in [0.717, 1.165) is 36.0 Å². The van der Waals surface area contributed by atoms with E-state index in [0.29, 0.717) is 28.8 Å². The van der Waals surface area contributed by atoms with Gasteiger partial charge in [-0.3, -0.25) is 4.79 Å². The Bertz CT molecular complexity index is 778. The lowest BCUT2D eigenvalue weighted by atomic mass is 10.2. The second-order valence-corrected chi connectivity index (χ2v) is 7.90. The number of primary amides is 1. The number of thioether (sulfide) groups is 1. The molecule has 1 saturated heterocycles. The fourth-order valence-corrected chi connectivity index (χ4v) is 4.03. The van der Waals surface area contributed by atoms with Crippen LogP contribution < -0.4 is 5.73 Å². The van der Waals surface area contributed by atoms with Crippen LogP contribution in [0.5, 0.6) is 0 Å². The van der Waals surface area contributed by atoms with Gasteiger partial charge in [0.15, 0.2) is 5.16 Å². The first-order valence-electron chi connectivity index (χ1n) is 8.41. The zero-order chi connectivity index (χ0) is 18.5. The van der Waals surface area contributed by atoms with Crippen LogP contribution in [0.15, 0.2) is 23.4 Å². The molecule has 1 aromatic heterocycles. The molecule has 0 unspecified atom stereocenters. The highest BCUT2D eigenvalue weighted by Crippen LogP contribution is 2.28. The van der Waals surface area contributed by atoms with Gasteiger partial charge in [-0.15, -0.1) is 10.2 Å². The Morgan fingerprint density at radius 1 is 1.35 bits per heavy atom. The molecule has 26 heavy (non-hydrogen) atoms. The number of amides is 1. The monoisotopic (exact) mass is 414 g/mol. The van der Waals surface area contributed by atoms with Gasteiger partial charge < -0.3 is 15.0 Å². The van der Waals surface area contributed by atoms with E-state index in [-0.39, 0.29) is 18.4 Å². The number of hydrogen-bond donors (Lipinski definition) is 1. The van der Waals surface area contributed by atoms with Crippen molar-refractivity contribution < 1.29 is 9.53 Å². The summed E-state index contributed by atoms with van der Waals surface area (Å²) in [6, 6.07) is 5.58. The number of ether oxygens (including phenoxy) is 1. The number of halogens is 2. The van der Waals surface area contributed by atoms with Crippen molar-refractivity contribution in [2.45, 2.75) is 49.2 Å². The second-order valence-electron chi connectivity index (χ2n) is 6.15. The van der Waals surface area contributed by atoms with Crippen molar-refractivity contribution >= 4 is 40.9 Å². The Kier molecular flexibility index (Phi) is 6.80. The first-order chi connectivity index (χ1) is 12.5. The molecule has 2 aromatic rings. The average Bonchev–Trinajstić information content (AvgIpc) is 3.25. The number of aryl methyl sites for hydroxylation is 1. The number of carbonyl (C=O) groups is 1. The Morgan fingerprint density at radius 2 is 2.19 bits per heavy atom. The summed E-state index contributed by atoms with van der Waals surface area (Å²) in [5.74, 6) is 1.11. The average molecular weight is 415 g/mol. The zero-order valence-corrected chi connectivity index (χ0v) is 16.5. The quantitative estimate of drug-likeness (QED) is 0.668. The van der Waals surface area contributed by atoms with Crippen LogP contribution in [0, 0.1) is 0 Å². The molecule has 1 aliphatic heterocycles. The minimum absolute atomic E-state index is 0.155. The maximum absolute atomic E-state index is 11.1. The van der Waals surface area contributed by atoms with E-state index >= 15 is 0 Å². The molecule has 140 valence electrons. The third kappa shape index (κ3) is 5.13. The third-order valence-corrected chi connectivity index (χ3v) is 5.93. The molecule has 0 bridgehead atoms. The molecule has 2 N–H and O–H groups in total. The highest BCUT2D eigenvalue weighted by molar-refractivity contribution is 7.98. The Hall–Kier alpha value is -1.28. The zero-order valence-electron chi connectivity index (χ0n) is 14.2. The molecule has 9 heteroatoms. The lowest BCUT2D eigenvalue weighted by molar-refractivity contribution is -0.118. The van der Waals surface area contributed by atoms with Gasteiger partial charge in [0, 0.05) is 25.2 Å². The summed E-state index contributed by atoms with van der Waals surface area (Å²) in [5, 5.41) is 10.4. The van der Waals surface area contributed by atoms with Crippen LogP contribution in [0.1, 0.15) is 30.7 Å². The number of carbonyl (C=O) groups excluding carboxylic acids is 1. The number of nitrogens with two attached hydrogens (primary N) is 1. The van der Waals surface area contributed by atoms with E-state index in [2.05, 4.69) is 10.2 Å². The second kappa shape index (κ2) is 9.08. The molecule has 0 radical (unpaired) electrons. The van der Waals surface area contributed by atoms with Crippen LogP contribution in [0.3, 0.4) is 0 Å². The van der Waals surface area contributed by atoms with Crippen molar-refractivity contribution in [2.24, 2.45) is 5.73 Å². The highest BCUT2D eigenvalue weighted by Gasteiger charge is 2.21. The van der Waals surface area contributed by atoms with Gasteiger partial charge in [0.25, 0.3) is 0 Å². The van der Waals surface area contributed by atoms with Crippen molar-refractivity contribution in [1.82, 2.24) is 14.8 Å². The Morgan fingerprint density at radius 3 is 2.88 bits per heavy atom. The smallest absolute Gasteiger partial charge is 0.217 e. The van der Waals surface area contributed by atoms with Gasteiger partial charge in [-0.2, -0.15) is 0 Å². The molecule has 0 spiro atoms. The SMILES string of the molecule is NC(=O)CCc1nnc(SCc2ccc(Cl)c(Cl)c2)n1C[C@@H]1CCCO1. The maximum Gasteiger partial charge on any atom is 0.217 e. The van der Waals surface area contributed by atoms with E-state index in [1.165, 1.54) is 0 Å². The minimum atomic E-state index is -0.346. The van der Waals surface area contributed by atoms with Crippen LogP contribution in [0.4, 0.5) is 0 Å². The van der Waals surface area contributed by atoms with Crippen LogP contribution in [-0.4, -0.2) is 33.4 Å². The standard InChI is InChI=1S/C17H20Cl2N4O2S/c18-13-4-3-11(8-14(13)19)10-26-17-22-21-16(6-5-15(20)24)23(17)9-12-2-1-7-25-12/h3-4,8,12H,1-2,5-7,9-10H2,(H2,20,24)/t12-/m0/s1. The summed E-state index contributed by atoms with van der Waals surface area (Å²) in [6.45, 7) is 1.47. The molecule has 1 aliphatic rings. The molecule has 0 saturated carbocycles. The number of benzene rings is 1. The molecular formula is C17H20Cl2N4O2S. The van der Waals surface area contributed by atoms with E-state index in [9.17, 15) is 4.79 Å². The van der Waals surface area contributed by atoms with Gasteiger partial charge in [0.05, 0.1) is 22.7 Å². The van der Waals surface area contributed by atoms with E-state index in [1.807, 2.05) is 16.7 Å². The molecule has 1 fully saturated rings. The van der Waals surface area contributed by atoms with Crippen molar-refractivity contribution in [2.75, 3.05) is 6.61 Å². The first-order valence-corrected chi connectivity index (χ1v) is 10.2. The van der Waals surface area contributed by atoms with Crippen LogP contribution in [0.2, 0.25) is 10.0 Å². The van der Waals surface area contributed by atoms with Gasteiger partial charge in [-0.05, 0) is 30.5 Å². The highest BCUT2D eigenvalue weighted by atomic mass is 35.5. The van der Waals surface area contributed by atoms with Crippen molar-refractivity contribution in [3.05, 3.63) is 39.6 Å². The largest absolute Gasteiger partial charge is 0.376 e. The lowest BCUT2D eigenvalue weighted by Crippen LogP contribution is -2.19. The summed E-state index contributed by atoms with van der Waals surface area (Å²) in [6.07, 6.45) is 2.96. The van der Waals surface area contributed by atoms with E-state index < -0.39 is 0 Å². The van der Waals surface area contributed by atoms with Crippen molar-refractivity contribution in [3.63, 3.8) is 0 Å². The van der Waals surface area contributed by atoms with Crippen molar-refractivity contribution in [3.8, 4) is 0 Å². The van der Waals surface area contributed by atoms with E-state index in [4.69, 9.17) is 33.7 Å². The number of rotatable bonds is 8.